The second-order valence-electron chi connectivity index (χ2n) is 7.74. The molecule has 32 heavy (non-hydrogen) atoms. The van der Waals surface area contributed by atoms with Crippen molar-refractivity contribution in [3.63, 3.8) is 0 Å². The summed E-state index contributed by atoms with van der Waals surface area (Å²) in [4.78, 5) is 50.8. The van der Waals surface area contributed by atoms with Gasteiger partial charge < -0.3 is 15.4 Å². The molecule has 2 aromatic carbocycles. The number of thioether (sulfide) groups is 1. The van der Waals surface area contributed by atoms with Crippen LogP contribution >= 0.6 is 11.8 Å². The number of fused-ring (bicyclic) bond motifs is 1. The van der Waals surface area contributed by atoms with Gasteiger partial charge in [0.1, 0.15) is 0 Å². The number of nitrogens with one attached hydrogen (secondary N) is 2. The van der Waals surface area contributed by atoms with Crippen LogP contribution in [0.2, 0.25) is 0 Å². The van der Waals surface area contributed by atoms with Crippen molar-refractivity contribution in [1.82, 2.24) is 5.32 Å². The topological polar surface area (TPSA) is 102 Å². The maximum atomic E-state index is 13.4. The van der Waals surface area contributed by atoms with Gasteiger partial charge in [-0.05, 0) is 30.5 Å². The van der Waals surface area contributed by atoms with Crippen LogP contribution in [0.15, 0.2) is 54.6 Å². The highest BCUT2D eigenvalue weighted by molar-refractivity contribution is 8.14. The molecule has 0 fully saturated rings. The first-order valence-electron chi connectivity index (χ1n) is 10.3. The zero-order chi connectivity index (χ0) is 23.3. The van der Waals surface area contributed by atoms with Crippen LogP contribution in [0.25, 0.3) is 0 Å². The van der Waals surface area contributed by atoms with Crippen molar-refractivity contribution in [2.24, 2.45) is 0 Å². The molecule has 8 heteroatoms. The molecule has 0 unspecified atom stereocenters. The second-order valence-corrected chi connectivity index (χ2v) is 9.12. The average Bonchev–Trinajstić information content (AvgIpc) is 3.18. The van der Waals surface area contributed by atoms with Gasteiger partial charge in [-0.25, -0.2) is 4.79 Å². The van der Waals surface area contributed by atoms with Crippen molar-refractivity contribution in [2.75, 3.05) is 12.4 Å². The molecule has 0 saturated carbocycles. The minimum atomic E-state index is -1.62. The number of ether oxygens (including phenoxy) is 1. The molecule has 0 radical (unpaired) electrons. The van der Waals surface area contributed by atoms with E-state index in [1.165, 1.54) is 21.0 Å². The number of anilines is 1. The summed E-state index contributed by atoms with van der Waals surface area (Å²) >= 11 is 0.919. The molecule has 0 bridgehead atoms. The van der Waals surface area contributed by atoms with Crippen LogP contribution in [0.1, 0.15) is 25.0 Å². The van der Waals surface area contributed by atoms with E-state index in [0.717, 1.165) is 22.9 Å². The lowest BCUT2D eigenvalue weighted by Crippen LogP contribution is -2.60. The lowest BCUT2D eigenvalue weighted by molar-refractivity contribution is -0.150. The number of para-hydroxylation sites is 1. The molecule has 168 valence electrons. The highest BCUT2D eigenvalue weighted by Gasteiger charge is 2.52. The molecule has 2 aromatic rings. The molecule has 0 spiro atoms. The summed E-state index contributed by atoms with van der Waals surface area (Å²) in [5.41, 5.74) is 0.783. The minimum absolute atomic E-state index is 0.129. The van der Waals surface area contributed by atoms with Gasteiger partial charge in [-0.1, -0.05) is 60.3 Å². The SMILES string of the molecule is COC(=O)[C@@]1(C(=O)[C@H](C)NC(=O)[C@H](Cc2ccccc2)SC(C)=O)Cc2ccccc2N1. The van der Waals surface area contributed by atoms with E-state index in [0.29, 0.717) is 12.1 Å². The monoisotopic (exact) mass is 454 g/mol. The van der Waals surface area contributed by atoms with Crippen LogP contribution in [0.4, 0.5) is 5.69 Å². The summed E-state index contributed by atoms with van der Waals surface area (Å²) in [5, 5.41) is 4.83. The van der Waals surface area contributed by atoms with E-state index in [4.69, 9.17) is 4.74 Å². The number of rotatable bonds is 8. The van der Waals surface area contributed by atoms with E-state index in [1.54, 1.807) is 6.07 Å². The fraction of sp³-hybridized carbons (Fsp3) is 0.333. The quantitative estimate of drug-likeness (QED) is 0.467. The maximum Gasteiger partial charge on any atom is 0.339 e. The molecule has 0 aliphatic carbocycles. The zero-order valence-electron chi connectivity index (χ0n) is 18.2. The number of carbonyl (C=O) groups excluding carboxylic acids is 4. The molecule has 1 amide bonds. The Bertz CT molecular complexity index is 999. The van der Waals surface area contributed by atoms with Crippen molar-refractivity contribution in [2.45, 2.75) is 43.5 Å². The van der Waals surface area contributed by atoms with Crippen LogP contribution in [0.5, 0.6) is 0 Å². The number of esters is 1. The van der Waals surface area contributed by atoms with E-state index in [1.807, 2.05) is 48.5 Å². The van der Waals surface area contributed by atoms with Crippen molar-refractivity contribution >= 4 is 40.2 Å². The van der Waals surface area contributed by atoms with E-state index in [9.17, 15) is 19.2 Å². The van der Waals surface area contributed by atoms with Crippen molar-refractivity contribution < 1.29 is 23.9 Å². The molecule has 1 aliphatic rings. The second kappa shape index (κ2) is 9.99. The third-order valence-corrected chi connectivity index (χ3v) is 6.39. The predicted molar refractivity (Wildman–Crippen MR) is 123 cm³/mol. The first-order valence-corrected chi connectivity index (χ1v) is 11.1. The van der Waals surface area contributed by atoms with E-state index in [2.05, 4.69) is 10.6 Å². The van der Waals surface area contributed by atoms with E-state index in [-0.39, 0.29) is 11.5 Å². The number of carbonyl (C=O) groups is 4. The number of ketones is 1. The van der Waals surface area contributed by atoms with Crippen molar-refractivity contribution in [3.05, 3.63) is 65.7 Å². The first-order chi connectivity index (χ1) is 15.3. The Morgan fingerprint density at radius 1 is 1.09 bits per heavy atom. The summed E-state index contributed by atoms with van der Waals surface area (Å²) in [6.07, 6.45) is 0.466. The molecule has 0 aromatic heterocycles. The highest BCUT2D eigenvalue weighted by Crippen LogP contribution is 2.34. The fourth-order valence-corrected chi connectivity index (χ4v) is 4.71. The number of Topliss-reactive ketones (excluding diaryl/α,β-unsaturated/α-hetero) is 1. The Balaban J connectivity index is 1.78. The molecule has 1 aliphatic heterocycles. The van der Waals surface area contributed by atoms with Crippen molar-refractivity contribution in [3.8, 4) is 0 Å². The Morgan fingerprint density at radius 3 is 2.38 bits per heavy atom. The first kappa shape index (κ1) is 23.5. The Hall–Kier alpha value is -3.13. The van der Waals surface area contributed by atoms with E-state index >= 15 is 0 Å². The van der Waals surface area contributed by atoms with Gasteiger partial charge in [-0.2, -0.15) is 0 Å². The van der Waals surface area contributed by atoms with Crippen LogP contribution in [0, 0.1) is 0 Å². The number of methoxy groups -OCH3 is 1. The summed E-state index contributed by atoms with van der Waals surface area (Å²) in [5.74, 6) is -1.65. The Kier molecular flexibility index (Phi) is 7.35. The molecule has 1 heterocycles. The molecule has 7 nitrogen and oxygen atoms in total. The normalized spacial score (nSPS) is 18.6. The summed E-state index contributed by atoms with van der Waals surface area (Å²) in [7, 11) is 1.23. The van der Waals surface area contributed by atoms with Gasteiger partial charge in [-0.15, -0.1) is 0 Å². The summed E-state index contributed by atoms with van der Waals surface area (Å²) < 4.78 is 4.94. The molecular weight excluding hydrogens is 428 g/mol. The Labute approximate surface area is 191 Å². The number of amides is 1. The number of benzene rings is 2. The minimum Gasteiger partial charge on any atom is -0.467 e. The predicted octanol–water partition coefficient (Wildman–Crippen LogP) is 2.53. The molecule has 3 atom stereocenters. The molecular formula is C24H26N2O5S. The largest absolute Gasteiger partial charge is 0.467 e. The lowest BCUT2D eigenvalue weighted by atomic mass is 9.86. The smallest absolute Gasteiger partial charge is 0.339 e. The van der Waals surface area contributed by atoms with Crippen LogP contribution in [-0.4, -0.2) is 46.7 Å². The van der Waals surface area contributed by atoms with Gasteiger partial charge in [0.15, 0.2) is 10.9 Å². The van der Waals surface area contributed by atoms with Gasteiger partial charge in [0.25, 0.3) is 0 Å². The Morgan fingerprint density at radius 2 is 1.75 bits per heavy atom. The van der Waals surface area contributed by atoms with Gasteiger partial charge >= 0.3 is 5.97 Å². The van der Waals surface area contributed by atoms with Crippen LogP contribution in [0.3, 0.4) is 0 Å². The fourth-order valence-electron chi connectivity index (χ4n) is 3.86. The number of hydrogen-bond acceptors (Lipinski definition) is 7. The van der Waals surface area contributed by atoms with Crippen LogP contribution in [-0.2, 0) is 36.8 Å². The van der Waals surface area contributed by atoms with E-state index < -0.39 is 34.5 Å². The van der Waals surface area contributed by atoms with Gasteiger partial charge in [0.2, 0.25) is 11.4 Å². The molecule has 0 saturated heterocycles. The zero-order valence-corrected chi connectivity index (χ0v) is 19.0. The van der Waals surface area contributed by atoms with Gasteiger partial charge in [-0.3, -0.25) is 14.4 Å². The third kappa shape index (κ3) is 5.02. The average molecular weight is 455 g/mol. The summed E-state index contributed by atoms with van der Waals surface area (Å²) in [6, 6.07) is 15.6. The third-order valence-electron chi connectivity index (χ3n) is 5.39. The van der Waals surface area contributed by atoms with Crippen molar-refractivity contribution in [1.29, 1.82) is 0 Å². The van der Waals surface area contributed by atoms with Gasteiger partial charge in [0.05, 0.1) is 18.4 Å². The molecule has 3 rings (SSSR count). The summed E-state index contributed by atoms with van der Waals surface area (Å²) in [6.45, 7) is 2.93. The van der Waals surface area contributed by atoms with Crippen LogP contribution < -0.4 is 10.6 Å². The lowest BCUT2D eigenvalue weighted by Gasteiger charge is -2.29. The molecule has 2 N–H and O–H groups in total. The van der Waals surface area contributed by atoms with Gasteiger partial charge in [0, 0.05) is 19.0 Å². The maximum absolute atomic E-state index is 13.4. The standard InChI is InChI=1S/C24H26N2O5S/c1-15(25-22(29)20(32-16(2)27)13-17-9-5-4-6-10-17)21(28)24(23(30)31-3)14-18-11-7-8-12-19(18)26-24/h4-12,15,20,26H,13-14H2,1-3H3,(H,25,29)/t15-,20-,24-/m0/s1. The highest BCUT2D eigenvalue weighted by atomic mass is 32.2. The number of hydrogen-bond donors (Lipinski definition) is 2.